The second-order valence-electron chi connectivity index (χ2n) is 7.34. The van der Waals surface area contributed by atoms with Gasteiger partial charge in [0.15, 0.2) is 0 Å². The molecule has 0 saturated carbocycles. The molecule has 0 aromatic heterocycles. The Hall–Kier alpha value is -1.68. The lowest BCUT2D eigenvalue weighted by Crippen LogP contribution is -2.46. The molecule has 1 fully saturated rings. The highest BCUT2D eigenvalue weighted by atomic mass is 35.5. The number of anilines is 1. The molecule has 2 aliphatic heterocycles. The molecular formula is C18H23ClN2O2. The molecule has 1 aromatic carbocycles. The van der Waals surface area contributed by atoms with E-state index in [9.17, 15) is 4.79 Å². The van der Waals surface area contributed by atoms with Gasteiger partial charge in [-0.15, -0.1) is 0 Å². The molecule has 1 spiro atoms. The number of hydrogen-bond acceptors (Lipinski definition) is 3. The summed E-state index contributed by atoms with van der Waals surface area (Å²) < 4.78 is 5.47. The highest BCUT2D eigenvalue weighted by Crippen LogP contribution is 2.50. The Morgan fingerprint density at radius 3 is 2.61 bits per heavy atom. The van der Waals surface area contributed by atoms with E-state index in [-0.39, 0.29) is 11.5 Å². The predicted molar refractivity (Wildman–Crippen MR) is 92.9 cm³/mol. The quantitative estimate of drug-likeness (QED) is 0.757. The van der Waals surface area contributed by atoms with Gasteiger partial charge < -0.3 is 15.0 Å². The third-order valence-electron chi connectivity index (χ3n) is 4.63. The highest BCUT2D eigenvalue weighted by molar-refractivity contribution is 6.30. The number of halogens is 1. The van der Waals surface area contributed by atoms with Gasteiger partial charge >= 0.3 is 6.09 Å². The van der Waals surface area contributed by atoms with Crippen LogP contribution in [0.5, 0.6) is 0 Å². The number of nitrogens with zero attached hydrogens (tertiary/aromatic N) is 1. The van der Waals surface area contributed by atoms with Crippen LogP contribution in [-0.2, 0) is 10.2 Å². The molecule has 124 valence electrons. The van der Waals surface area contributed by atoms with E-state index in [0.717, 1.165) is 29.2 Å². The second kappa shape index (κ2) is 5.45. The molecule has 0 unspecified atom stereocenters. The molecule has 23 heavy (non-hydrogen) atoms. The average Bonchev–Trinajstić information content (AvgIpc) is 2.71. The molecule has 4 nitrogen and oxygen atoms in total. The van der Waals surface area contributed by atoms with Gasteiger partial charge in [0.05, 0.1) is 0 Å². The van der Waals surface area contributed by atoms with Crippen LogP contribution in [0.3, 0.4) is 0 Å². The van der Waals surface area contributed by atoms with E-state index in [1.165, 1.54) is 5.56 Å². The van der Waals surface area contributed by atoms with Crippen LogP contribution in [0.4, 0.5) is 10.5 Å². The summed E-state index contributed by atoms with van der Waals surface area (Å²) in [5.41, 5.74) is 2.66. The molecule has 0 atom stereocenters. The van der Waals surface area contributed by atoms with Crippen LogP contribution in [0.2, 0.25) is 5.02 Å². The summed E-state index contributed by atoms with van der Waals surface area (Å²) in [6.07, 6.45) is 1.41. The smallest absolute Gasteiger partial charge is 0.410 e. The zero-order chi connectivity index (χ0) is 16.8. The first-order valence-electron chi connectivity index (χ1n) is 7.96. The Balaban J connectivity index is 1.78. The minimum atomic E-state index is -0.467. The van der Waals surface area contributed by atoms with Crippen LogP contribution in [0.15, 0.2) is 30.5 Å². The van der Waals surface area contributed by atoms with Crippen molar-refractivity contribution in [2.75, 3.05) is 18.4 Å². The van der Waals surface area contributed by atoms with E-state index < -0.39 is 5.60 Å². The number of ether oxygens (including phenoxy) is 1. The summed E-state index contributed by atoms with van der Waals surface area (Å²) >= 11 is 6.18. The number of benzene rings is 1. The number of hydrogen-bond donors (Lipinski definition) is 1. The van der Waals surface area contributed by atoms with Gasteiger partial charge in [0, 0.05) is 34.9 Å². The fourth-order valence-corrected chi connectivity index (χ4v) is 3.61. The predicted octanol–water partition coefficient (Wildman–Crippen LogP) is 4.55. The van der Waals surface area contributed by atoms with Crippen molar-refractivity contribution in [3.05, 3.63) is 41.1 Å². The van der Waals surface area contributed by atoms with Gasteiger partial charge in [-0.05, 0) is 57.4 Å². The summed E-state index contributed by atoms with van der Waals surface area (Å²) in [6, 6.07) is 5.90. The van der Waals surface area contributed by atoms with Crippen LogP contribution >= 0.6 is 11.6 Å². The van der Waals surface area contributed by atoms with Crippen molar-refractivity contribution < 1.29 is 9.53 Å². The molecule has 2 aliphatic rings. The number of fused-ring (bicyclic) bond motifs is 2. The molecule has 1 saturated heterocycles. The molecule has 3 rings (SSSR count). The number of carbonyl (C=O) groups is 1. The number of nitrogens with one attached hydrogen (secondary N) is 1. The normalized spacial score (nSPS) is 19.5. The summed E-state index contributed by atoms with van der Waals surface area (Å²) in [6.45, 7) is 11.2. The topological polar surface area (TPSA) is 41.6 Å². The summed E-state index contributed by atoms with van der Waals surface area (Å²) in [7, 11) is 0. The van der Waals surface area contributed by atoms with Crippen LogP contribution in [-0.4, -0.2) is 29.7 Å². The number of carbonyl (C=O) groups excluding carboxylic acids is 1. The third-order valence-corrected chi connectivity index (χ3v) is 4.86. The monoisotopic (exact) mass is 334 g/mol. The number of allylic oxidation sites excluding steroid dienone is 1. The zero-order valence-corrected chi connectivity index (χ0v) is 14.7. The number of likely N-dealkylation sites (tertiary alicyclic amines) is 1. The molecule has 1 amide bonds. The van der Waals surface area contributed by atoms with Crippen molar-refractivity contribution in [1.82, 2.24) is 4.90 Å². The van der Waals surface area contributed by atoms with Gasteiger partial charge in [0.2, 0.25) is 0 Å². The van der Waals surface area contributed by atoms with Gasteiger partial charge in [0.1, 0.15) is 5.60 Å². The Morgan fingerprint density at radius 1 is 1.35 bits per heavy atom. The first-order valence-corrected chi connectivity index (χ1v) is 8.33. The SMILES string of the molecule is C=C1Nc2ccc(Cl)cc2C12CCN(C(=O)OC(C)(C)C)CC2. The number of amides is 1. The molecule has 1 N–H and O–H groups in total. The molecule has 0 aliphatic carbocycles. The first-order chi connectivity index (χ1) is 10.7. The van der Waals surface area contributed by atoms with E-state index in [0.29, 0.717) is 13.1 Å². The van der Waals surface area contributed by atoms with Gasteiger partial charge in [-0.25, -0.2) is 4.79 Å². The van der Waals surface area contributed by atoms with Crippen molar-refractivity contribution in [3.8, 4) is 0 Å². The van der Waals surface area contributed by atoms with E-state index in [1.807, 2.05) is 39.0 Å². The summed E-state index contributed by atoms with van der Waals surface area (Å²) in [5, 5.41) is 4.11. The van der Waals surface area contributed by atoms with Crippen LogP contribution in [0, 0.1) is 0 Å². The maximum Gasteiger partial charge on any atom is 0.410 e. The molecule has 0 bridgehead atoms. The van der Waals surface area contributed by atoms with E-state index in [2.05, 4.69) is 11.9 Å². The lowest BCUT2D eigenvalue weighted by molar-refractivity contribution is 0.0181. The van der Waals surface area contributed by atoms with Gasteiger partial charge in [-0.2, -0.15) is 0 Å². The first kappa shape index (κ1) is 16.2. The van der Waals surface area contributed by atoms with Crippen molar-refractivity contribution in [1.29, 1.82) is 0 Å². The second-order valence-corrected chi connectivity index (χ2v) is 7.78. The lowest BCUT2D eigenvalue weighted by Gasteiger charge is -2.40. The standard InChI is InChI=1S/C18H23ClN2O2/c1-12-18(14-11-13(19)5-6-15(14)20-12)7-9-21(10-8-18)16(22)23-17(2,3)4/h5-6,11,20H,1,7-10H2,2-4H3. The summed E-state index contributed by atoms with van der Waals surface area (Å²) in [5.74, 6) is 0. The van der Waals surface area contributed by atoms with Gasteiger partial charge in [-0.3, -0.25) is 0 Å². The molecule has 2 heterocycles. The van der Waals surface area contributed by atoms with E-state index >= 15 is 0 Å². The van der Waals surface area contributed by atoms with Crippen molar-refractivity contribution in [3.63, 3.8) is 0 Å². The number of piperidine rings is 1. The van der Waals surface area contributed by atoms with Gasteiger partial charge in [-0.1, -0.05) is 18.2 Å². The van der Waals surface area contributed by atoms with E-state index in [4.69, 9.17) is 16.3 Å². The molecule has 5 heteroatoms. The Bertz CT molecular complexity index is 655. The molecule has 0 radical (unpaired) electrons. The van der Waals surface area contributed by atoms with E-state index in [1.54, 1.807) is 4.90 Å². The minimum absolute atomic E-state index is 0.140. The number of rotatable bonds is 0. The maximum atomic E-state index is 12.2. The van der Waals surface area contributed by atoms with Crippen molar-refractivity contribution >= 4 is 23.4 Å². The maximum absolute atomic E-state index is 12.2. The Kier molecular flexibility index (Phi) is 3.83. The van der Waals surface area contributed by atoms with Crippen LogP contribution < -0.4 is 5.32 Å². The van der Waals surface area contributed by atoms with Crippen LogP contribution in [0.1, 0.15) is 39.2 Å². The van der Waals surface area contributed by atoms with Gasteiger partial charge in [0.25, 0.3) is 0 Å². The fourth-order valence-electron chi connectivity index (χ4n) is 3.43. The van der Waals surface area contributed by atoms with Crippen molar-refractivity contribution in [2.24, 2.45) is 0 Å². The minimum Gasteiger partial charge on any atom is -0.444 e. The fraction of sp³-hybridized carbons (Fsp3) is 0.500. The third kappa shape index (κ3) is 2.92. The Morgan fingerprint density at radius 2 is 2.00 bits per heavy atom. The Labute approximate surface area is 142 Å². The average molecular weight is 335 g/mol. The van der Waals surface area contributed by atoms with Crippen molar-refractivity contribution in [2.45, 2.75) is 44.6 Å². The zero-order valence-electron chi connectivity index (χ0n) is 13.9. The van der Waals surface area contributed by atoms with Crippen LogP contribution in [0.25, 0.3) is 0 Å². The summed E-state index contributed by atoms with van der Waals surface area (Å²) in [4.78, 5) is 14.0. The highest BCUT2D eigenvalue weighted by Gasteiger charge is 2.45. The largest absolute Gasteiger partial charge is 0.444 e. The molecular weight excluding hydrogens is 312 g/mol. The molecule has 1 aromatic rings. The lowest BCUT2D eigenvalue weighted by atomic mass is 9.72.